The lowest BCUT2D eigenvalue weighted by Crippen LogP contribution is -2.37. The van der Waals surface area contributed by atoms with Crippen LogP contribution in [0.15, 0.2) is 47.5 Å². The van der Waals surface area contributed by atoms with Crippen LogP contribution in [0.25, 0.3) is 11.4 Å². The maximum absolute atomic E-state index is 5.36. The Morgan fingerprint density at radius 3 is 2.38 bits per heavy atom. The second kappa shape index (κ2) is 12.7. The lowest BCUT2D eigenvalue weighted by Gasteiger charge is -2.11. The van der Waals surface area contributed by atoms with Crippen molar-refractivity contribution in [1.82, 2.24) is 25.8 Å². The van der Waals surface area contributed by atoms with Crippen molar-refractivity contribution in [2.24, 2.45) is 4.99 Å². The number of methoxy groups -OCH3 is 3. The molecule has 3 aromatic rings. The van der Waals surface area contributed by atoms with Crippen molar-refractivity contribution in [3.63, 3.8) is 0 Å². The summed E-state index contributed by atoms with van der Waals surface area (Å²) in [5.41, 5.74) is 1.92. The van der Waals surface area contributed by atoms with Gasteiger partial charge in [0.1, 0.15) is 11.6 Å². The van der Waals surface area contributed by atoms with Crippen molar-refractivity contribution in [3.05, 3.63) is 53.9 Å². The van der Waals surface area contributed by atoms with Gasteiger partial charge < -0.3 is 24.8 Å². The Morgan fingerprint density at radius 2 is 1.72 bits per heavy atom. The zero-order valence-electron chi connectivity index (χ0n) is 18.6. The summed E-state index contributed by atoms with van der Waals surface area (Å²) < 4.78 is 15.8. The minimum Gasteiger partial charge on any atom is -0.497 e. The van der Waals surface area contributed by atoms with Crippen LogP contribution in [0.5, 0.6) is 17.2 Å². The molecule has 3 N–H and O–H groups in total. The minimum atomic E-state index is 0. The van der Waals surface area contributed by atoms with Gasteiger partial charge in [-0.05, 0) is 48.9 Å². The summed E-state index contributed by atoms with van der Waals surface area (Å²) in [5.74, 6) is 4.19. The van der Waals surface area contributed by atoms with E-state index in [2.05, 4.69) is 30.8 Å². The molecule has 0 spiro atoms. The van der Waals surface area contributed by atoms with E-state index < -0.39 is 0 Å². The number of guanidine groups is 1. The first-order valence-corrected chi connectivity index (χ1v) is 9.95. The molecule has 0 fully saturated rings. The molecule has 10 heteroatoms. The highest BCUT2D eigenvalue weighted by molar-refractivity contribution is 14.0. The number of aliphatic imine (C=N–C) groups is 1. The van der Waals surface area contributed by atoms with Crippen LogP contribution in [0.3, 0.4) is 0 Å². The van der Waals surface area contributed by atoms with Gasteiger partial charge in [-0.25, -0.2) is 9.98 Å². The summed E-state index contributed by atoms with van der Waals surface area (Å²) in [6.45, 7) is 3.71. The SMILES string of the molecule is CCNC(=NCc1ccc(OC)c(OC)c1)NCc1nc(-c2ccc(OC)cc2)n[nH]1.I. The molecule has 0 atom stereocenters. The summed E-state index contributed by atoms with van der Waals surface area (Å²) >= 11 is 0. The molecule has 1 aromatic heterocycles. The molecule has 9 nitrogen and oxygen atoms in total. The molecule has 0 amide bonds. The third kappa shape index (κ3) is 6.74. The summed E-state index contributed by atoms with van der Waals surface area (Å²) in [6.07, 6.45) is 0. The van der Waals surface area contributed by atoms with Crippen LogP contribution in [0.1, 0.15) is 18.3 Å². The molecule has 0 saturated heterocycles. The molecule has 0 bridgehead atoms. The Bertz CT molecular complexity index is 1010. The first-order valence-electron chi connectivity index (χ1n) is 9.95. The Morgan fingerprint density at radius 1 is 0.969 bits per heavy atom. The van der Waals surface area contributed by atoms with Crippen LogP contribution >= 0.6 is 24.0 Å². The van der Waals surface area contributed by atoms with E-state index in [0.29, 0.717) is 42.2 Å². The summed E-state index contributed by atoms with van der Waals surface area (Å²) in [7, 11) is 4.88. The third-order valence-electron chi connectivity index (χ3n) is 4.52. The van der Waals surface area contributed by atoms with Crippen molar-refractivity contribution < 1.29 is 14.2 Å². The van der Waals surface area contributed by atoms with E-state index in [4.69, 9.17) is 14.2 Å². The van der Waals surface area contributed by atoms with Crippen LogP contribution in [-0.2, 0) is 13.1 Å². The number of H-pyrrole nitrogens is 1. The fraction of sp³-hybridized carbons (Fsp3) is 0.318. The highest BCUT2D eigenvalue weighted by atomic mass is 127. The zero-order valence-corrected chi connectivity index (χ0v) is 21.0. The number of hydrogen-bond donors (Lipinski definition) is 3. The van der Waals surface area contributed by atoms with Crippen LogP contribution in [0, 0.1) is 0 Å². The van der Waals surface area contributed by atoms with Gasteiger partial charge in [-0.3, -0.25) is 5.10 Å². The normalized spacial score (nSPS) is 10.8. The fourth-order valence-corrected chi connectivity index (χ4v) is 2.90. The standard InChI is InChI=1S/C22H28N6O3.HI/c1-5-23-22(24-13-15-6-11-18(30-3)19(12-15)31-4)25-14-20-26-21(28-27-20)16-7-9-17(29-2)10-8-16;/h6-12H,5,13-14H2,1-4H3,(H2,23,24,25)(H,26,27,28);1H. The largest absolute Gasteiger partial charge is 0.497 e. The Labute approximate surface area is 205 Å². The van der Waals surface area contributed by atoms with Crippen LogP contribution in [-0.4, -0.2) is 49.0 Å². The first-order chi connectivity index (χ1) is 15.2. The van der Waals surface area contributed by atoms with E-state index in [1.165, 1.54) is 0 Å². The van der Waals surface area contributed by atoms with Gasteiger partial charge in [-0.1, -0.05) is 6.07 Å². The quantitative estimate of drug-likeness (QED) is 0.212. The van der Waals surface area contributed by atoms with Gasteiger partial charge in [-0.15, -0.1) is 24.0 Å². The molecule has 0 radical (unpaired) electrons. The number of ether oxygens (including phenoxy) is 3. The smallest absolute Gasteiger partial charge is 0.191 e. The third-order valence-corrected chi connectivity index (χ3v) is 4.52. The Hall–Kier alpha value is -3.02. The molecule has 172 valence electrons. The number of rotatable bonds is 9. The number of nitrogens with one attached hydrogen (secondary N) is 3. The monoisotopic (exact) mass is 552 g/mol. The van der Waals surface area contributed by atoms with E-state index in [-0.39, 0.29) is 24.0 Å². The predicted molar refractivity (Wildman–Crippen MR) is 135 cm³/mol. The lowest BCUT2D eigenvalue weighted by atomic mass is 10.2. The number of benzene rings is 2. The van der Waals surface area contributed by atoms with Crippen LogP contribution < -0.4 is 24.8 Å². The number of hydrogen-bond acceptors (Lipinski definition) is 6. The molecule has 2 aromatic carbocycles. The van der Waals surface area contributed by atoms with Crippen molar-refractivity contribution >= 4 is 29.9 Å². The maximum Gasteiger partial charge on any atom is 0.191 e. The second-order valence-electron chi connectivity index (χ2n) is 6.57. The van der Waals surface area contributed by atoms with Gasteiger partial charge in [0.05, 0.1) is 34.4 Å². The minimum absolute atomic E-state index is 0. The highest BCUT2D eigenvalue weighted by Gasteiger charge is 2.08. The van der Waals surface area contributed by atoms with Gasteiger partial charge in [0.15, 0.2) is 23.3 Å². The number of halogens is 1. The summed E-state index contributed by atoms with van der Waals surface area (Å²) in [5, 5.41) is 13.8. The van der Waals surface area contributed by atoms with E-state index in [1.807, 2.05) is 49.4 Å². The highest BCUT2D eigenvalue weighted by Crippen LogP contribution is 2.27. The van der Waals surface area contributed by atoms with Gasteiger partial charge in [-0.2, -0.15) is 5.10 Å². The Balaban J connectivity index is 0.00000363. The average Bonchev–Trinajstić information content (AvgIpc) is 3.29. The summed E-state index contributed by atoms with van der Waals surface area (Å²) in [6, 6.07) is 13.4. The maximum atomic E-state index is 5.36. The number of aromatic nitrogens is 3. The molecule has 0 aliphatic rings. The number of aromatic amines is 1. The second-order valence-corrected chi connectivity index (χ2v) is 6.57. The van der Waals surface area contributed by atoms with Gasteiger partial charge in [0.2, 0.25) is 0 Å². The van der Waals surface area contributed by atoms with Crippen molar-refractivity contribution in [1.29, 1.82) is 0 Å². The average molecular weight is 552 g/mol. The van der Waals surface area contributed by atoms with Crippen molar-refractivity contribution in [2.75, 3.05) is 27.9 Å². The number of nitrogens with zero attached hydrogens (tertiary/aromatic N) is 3. The molecular formula is C22H29IN6O3. The molecule has 0 aliphatic carbocycles. The van der Waals surface area contributed by atoms with Gasteiger partial charge in [0.25, 0.3) is 0 Å². The van der Waals surface area contributed by atoms with Crippen molar-refractivity contribution in [3.8, 4) is 28.6 Å². The van der Waals surface area contributed by atoms with Gasteiger partial charge in [0, 0.05) is 12.1 Å². The summed E-state index contributed by atoms with van der Waals surface area (Å²) in [4.78, 5) is 9.18. The zero-order chi connectivity index (χ0) is 22.1. The molecule has 32 heavy (non-hydrogen) atoms. The molecule has 0 aliphatic heterocycles. The fourth-order valence-electron chi connectivity index (χ4n) is 2.90. The van der Waals surface area contributed by atoms with Gasteiger partial charge >= 0.3 is 0 Å². The molecule has 0 unspecified atom stereocenters. The van der Waals surface area contributed by atoms with E-state index in [1.54, 1.807) is 21.3 Å². The van der Waals surface area contributed by atoms with E-state index in [9.17, 15) is 0 Å². The van der Waals surface area contributed by atoms with Crippen LogP contribution in [0.2, 0.25) is 0 Å². The van der Waals surface area contributed by atoms with E-state index >= 15 is 0 Å². The lowest BCUT2D eigenvalue weighted by molar-refractivity contribution is 0.354. The molecule has 1 heterocycles. The van der Waals surface area contributed by atoms with E-state index in [0.717, 1.165) is 23.4 Å². The Kier molecular flexibility index (Phi) is 10.1. The topological polar surface area (TPSA) is 106 Å². The molecule has 0 saturated carbocycles. The predicted octanol–water partition coefficient (Wildman–Crippen LogP) is 3.37. The van der Waals surface area contributed by atoms with Crippen LogP contribution in [0.4, 0.5) is 0 Å². The molecular weight excluding hydrogens is 523 g/mol. The molecule has 3 rings (SSSR count). The van der Waals surface area contributed by atoms with Crippen molar-refractivity contribution in [2.45, 2.75) is 20.0 Å². The first kappa shape index (κ1) is 25.2.